The summed E-state index contributed by atoms with van der Waals surface area (Å²) in [6.07, 6.45) is 3.60. The van der Waals surface area contributed by atoms with Crippen molar-refractivity contribution in [1.29, 1.82) is 0 Å². The highest BCUT2D eigenvalue weighted by atomic mass is 19.1. The minimum Gasteiger partial charge on any atom is -0.496 e. The Bertz CT molecular complexity index is 788. The fourth-order valence-electron chi connectivity index (χ4n) is 2.83. The lowest BCUT2D eigenvalue weighted by Crippen LogP contribution is -2.27. The molecule has 0 radical (unpaired) electrons. The summed E-state index contributed by atoms with van der Waals surface area (Å²) in [5.41, 5.74) is 2.02. The van der Waals surface area contributed by atoms with Gasteiger partial charge in [-0.25, -0.2) is 4.39 Å². The zero-order chi connectivity index (χ0) is 22.5. The topological polar surface area (TPSA) is 101 Å². The van der Waals surface area contributed by atoms with E-state index in [1.165, 1.54) is 13.2 Å². The highest BCUT2D eigenvalue weighted by molar-refractivity contribution is 5.94. The molecule has 0 bridgehead atoms. The molecule has 0 spiro atoms. The molecule has 2 heterocycles. The van der Waals surface area contributed by atoms with Gasteiger partial charge in [0.25, 0.3) is 5.91 Å². The van der Waals surface area contributed by atoms with Gasteiger partial charge in [0.1, 0.15) is 17.7 Å². The number of aliphatic hydroxyl groups excluding tert-OH is 2. The van der Waals surface area contributed by atoms with Gasteiger partial charge in [-0.1, -0.05) is 6.07 Å². The highest BCUT2D eigenvalue weighted by Gasteiger charge is 2.28. The molecule has 1 amide bonds. The minimum absolute atomic E-state index is 0.0493. The van der Waals surface area contributed by atoms with Crippen LogP contribution in [0.4, 0.5) is 10.1 Å². The van der Waals surface area contributed by atoms with Gasteiger partial charge in [0.15, 0.2) is 0 Å². The molecule has 8 heteroatoms. The summed E-state index contributed by atoms with van der Waals surface area (Å²) in [6.45, 7) is 3.71. The van der Waals surface area contributed by atoms with E-state index in [2.05, 4.69) is 10.3 Å². The number of aliphatic hydroxyl groups is 2. The Morgan fingerprint density at radius 2 is 2.07 bits per heavy atom. The molecule has 166 valence electrons. The Kier molecular flexibility index (Phi) is 11.6. The second kappa shape index (κ2) is 13.6. The largest absolute Gasteiger partial charge is 0.496 e. The normalized spacial score (nSPS) is 17.2. The van der Waals surface area contributed by atoms with E-state index >= 15 is 0 Å². The van der Waals surface area contributed by atoms with Crippen molar-refractivity contribution in [3.8, 4) is 5.75 Å². The molecule has 30 heavy (non-hydrogen) atoms. The number of rotatable bonds is 5. The molecule has 0 aliphatic carbocycles. The minimum atomic E-state index is -0.352. The standard InChI is InChI=1S/C13H18N2O3.C8H9FO.CH4O/c1-9-2-3-12(18-9)13(17)15-11-4-6-14-10(8-11)5-7-16;1-6-7(9)4-3-5-8(6)10-2;1-2/h4,6,8-9,12,16H,2-3,5,7H2,1H3,(H,14,15,17);3-5H,1-2H3;2H,1H3/t9?,12-;;/m1../s1. The van der Waals surface area contributed by atoms with Gasteiger partial charge >= 0.3 is 0 Å². The van der Waals surface area contributed by atoms with Gasteiger partial charge in [0.2, 0.25) is 0 Å². The lowest BCUT2D eigenvalue weighted by molar-refractivity contribution is -0.126. The van der Waals surface area contributed by atoms with E-state index in [9.17, 15) is 9.18 Å². The third-order valence-corrected chi connectivity index (χ3v) is 4.41. The SMILES string of the molecule is CC1CC[C@H](C(=O)Nc2ccnc(CCO)c2)O1.CO.COc1cccc(F)c1C. The Balaban J connectivity index is 0.000000318. The quantitative estimate of drug-likeness (QED) is 0.685. The molecule has 1 aromatic carbocycles. The van der Waals surface area contributed by atoms with Crippen molar-refractivity contribution in [3.63, 3.8) is 0 Å². The maximum atomic E-state index is 12.7. The van der Waals surface area contributed by atoms with Crippen molar-refractivity contribution >= 4 is 11.6 Å². The number of halogens is 1. The molecule has 3 N–H and O–H groups in total. The summed E-state index contributed by atoms with van der Waals surface area (Å²) in [5.74, 6) is 0.264. The summed E-state index contributed by atoms with van der Waals surface area (Å²) >= 11 is 0. The van der Waals surface area contributed by atoms with Crippen molar-refractivity contribution in [3.05, 3.63) is 53.6 Å². The van der Waals surface area contributed by atoms with Gasteiger partial charge in [-0.3, -0.25) is 9.78 Å². The number of benzene rings is 1. The second-order valence-electron chi connectivity index (χ2n) is 6.58. The molecule has 1 saturated heterocycles. The fraction of sp³-hybridized carbons (Fsp3) is 0.455. The van der Waals surface area contributed by atoms with E-state index in [0.717, 1.165) is 25.6 Å². The number of carbonyl (C=O) groups is 1. The number of carbonyl (C=O) groups excluding carboxylic acids is 1. The molecule has 2 aromatic rings. The van der Waals surface area contributed by atoms with Crippen molar-refractivity contribution in [2.75, 3.05) is 26.1 Å². The predicted molar refractivity (Wildman–Crippen MR) is 113 cm³/mol. The summed E-state index contributed by atoms with van der Waals surface area (Å²) < 4.78 is 23.1. The zero-order valence-electron chi connectivity index (χ0n) is 17.9. The van der Waals surface area contributed by atoms with E-state index in [0.29, 0.717) is 23.4 Å². The Hall–Kier alpha value is -2.55. The maximum Gasteiger partial charge on any atom is 0.253 e. The van der Waals surface area contributed by atoms with Crippen LogP contribution in [0, 0.1) is 12.7 Å². The monoisotopic (exact) mass is 422 g/mol. The average Bonchev–Trinajstić information content (AvgIpc) is 3.19. The smallest absolute Gasteiger partial charge is 0.253 e. The molecule has 0 saturated carbocycles. The Morgan fingerprint density at radius 3 is 2.63 bits per heavy atom. The third-order valence-electron chi connectivity index (χ3n) is 4.41. The number of aromatic nitrogens is 1. The number of nitrogens with zero attached hydrogens (tertiary/aromatic N) is 1. The van der Waals surface area contributed by atoms with Crippen LogP contribution in [0.25, 0.3) is 0 Å². The predicted octanol–water partition coefficient (Wildman–Crippen LogP) is 2.87. The van der Waals surface area contributed by atoms with Crippen LogP contribution in [0.15, 0.2) is 36.5 Å². The van der Waals surface area contributed by atoms with Crippen molar-refractivity contribution in [2.24, 2.45) is 0 Å². The van der Waals surface area contributed by atoms with E-state index < -0.39 is 0 Å². The summed E-state index contributed by atoms with van der Waals surface area (Å²) in [4.78, 5) is 16.0. The number of amides is 1. The number of methoxy groups -OCH3 is 1. The van der Waals surface area contributed by atoms with Crippen LogP contribution in [0.2, 0.25) is 0 Å². The maximum absolute atomic E-state index is 12.7. The molecular formula is C22H31FN2O5. The van der Waals surface area contributed by atoms with Gasteiger partial charge in [0.05, 0.1) is 13.2 Å². The molecule has 1 aliphatic heterocycles. The van der Waals surface area contributed by atoms with Gasteiger partial charge in [0, 0.05) is 43.3 Å². The number of ether oxygens (including phenoxy) is 2. The lowest BCUT2D eigenvalue weighted by atomic mass is 10.2. The Labute approximate surface area is 176 Å². The number of hydrogen-bond donors (Lipinski definition) is 3. The van der Waals surface area contributed by atoms with Crippen LogP contribution in [-0.2, 0) is 16.0 Å². The van der Waals surface area contributed by atoms with Crippen molar-refractivity contribution < 1.29 is 28.9 Å². The fourth-order valence-corrected chi connectivity index (χ4v) is 2.83. The van der Waals surface area contributed by atoms with E-state index in [1.54, 1.807) is 37.4 Å². The molecule has 3 rings (SSSR count). The first kappa shape index (κ1) is 25.5. The van der Waals surface area contributed by atoms with Crippen LogP contribution in [-0.4, -0.2) is 54.1 Å². The van der Waals surface area contributed by atoms with E-state index in [4.69, 9.17) is 19.7 Å². The first-order valence-electron chi connectivity index (χ1n) is 9.70. The second-order valence-corrected chi connectivity index (χ2v) is 6.58. The van der Waals surface area contributed by atoms with E-state index in [1.807, 2.05) is 6.92 Å². The number of anilines is 1. The molecule has 1 unspecified atom stereocenters. The lowest BCUT2D eigenvalue weighted by Gasteiger charge is -2.12. The molecule has 1 aliphatic rings. The summed E-state index contributed by atoms with van der Waals surface area (Å²) in [5, 5.41) is 18.7. The van der Waals surface area contributed by atoms with Gasteiger partial charge < -0.3 is 25.0 Å². The van der Waals surface area contributed by atoms with Crippen LogP contribution in [0.3, 0.4) is 0 Å². The number of hydrogen-bond acceptors (Lipinski definition) is 6. The summed E-state index contributed by atoms with van der Waals surface area (Å²) in [7, 11) is 2.53. The molecule has 1 aromatic heterocycles. The highest BCUT2D eigenvalue weighted by Crippen LogP contribution is 2.21. The molecule has 2 atom stereocenters. The van der Waals surface area contributed by atoms with Gasteiger partial charge in [-0.15, -0.1) is 0 Å². The number of pyridine rings is 1. The molecule has 1 fully saturated rings. The average molecular weight is 422 g/mol. The zero-order valence-corrected chi connectivity index (χ0v) is 17.9. The number of nitrogens with one attached hydrogen (secondary N) is 1. The third kappa shape index (κ3) is 8.06. The van der Waals surface area contributed by atoms with Crippen molar-refractivity contribution in [1.82, 2.24) is 4.98 Å². The first-order chi connectivity index (χ1) is 14.4. The van der Waals surface area contributed by atoms with Gasteiger partial charge in [-0.05, 0) is 51.0 Å². The van der Waals surface area contributed by atoms with E-state index in [-0.39, 0.29) is 30.5 Å². The van der Waals surface area contributed by atoms with Crippen LogP contribution in [0.5, 0.6) is 5.75 Å². The van der Waals surface area contributed by atoms with Crippen LogP contribution >= 0.6 is 0 Å². The first-order valence-corrected chi connectivity index (χ1v) is 9.70. The van der Waals surface area contributed by atoms with Crippen molar-refractivity contribution in [2.45, 2.75) is 45.3 Å². The molecular weight excluding hydrogens is 391 g/mol. The molecule has 7 nitrogen and oxygen atoms in total. The Morgan fingerprint density at radius 1 is 1.33 bits per heavy atom. The van der Waals surface area contributed by atoms with Gasteiger partial charge in [-0.2, -0.15) is 0 Å². The van der Waals surface area contributed by atoms with Crippen LogP contribution < -0.4 is 10.1 Å². The van der Waals surface area contributed by atoms with Crippen LogP contribution in [0.1, 0.15) is 31.0 Å². The summed E-state index contributed by atoms with van der Waals surface area (Å²) in [6, 6.07) is 8.28.